The number of nitrogens with zero attached hydrogens (tertiary/aromatic N) is 2. The van der Waals surface area contributed by atoms with Crippen LogP contribution in [0.25, 0.3) is 22.4 Å². The summed E-state index contributed by atoms with van der Waals surface area (Å²) < 4.78 is 43.8. The smallest absolute Gasteiger partial charge is 0.366 e. The fraction of sp³-hybridized carbons (Fsp3) is 0.0435. The zero-order valence-electron chi connectivity index (χ0n) is 16.8. The average molecular weight is 452 g/mol. The lowest BCUT2D eigenvalue weighted by Crippen LogP contribution is -2.14. The predicted octanol–water partition coefficient (Wildman–Crippen LogP) is 4.77. The standard InChI is InChI=1S/C23H15F3N4O3/c24-23(25,26)15-9-7-13(8-10-15)21(32)29-22-18(16-5-1-2-6-17(16)20(27)31)19(30-33-22)14-4-3-11-28-12-14/h1-12H,(H2,27,31)(H,29,32). The molecule has 0 bridgehead atoms. The highest BCUT2D eigenvalue weighted by Gasteiger charge is 2.30. The van der Waals surface area contributed by atoms with Crippen LogP contribution in [0.4, 0.5) is 19.1 Å². The van der Waals surface area contributed by atoms with Crippen LogP contribution < -0.4 is 11.1 Å². The molecule has 33 heavy (non-hydrogen) atoms. The number of rotatable bonds is 5. The molecule has 4 aromatic rings. The molecule has 0 aliphatic rings. The molecule has 3 N–H and O–H groups in total. The number of amides is 2. The lowest BCUT2D eigenvalue weighted by atomic mass is 9.96. The summed E-state index contributed by atoms with van der Waals surface area (Å²) in [4.78, 5) is 28.8. The van der Waals surface area contributed by atoms with Crippen molar-refractivity contribution in [1.29, 1.82) is 0 Å². The van der Waals surface area contributed by atoms with Crippen molar-refractivity contribution in [3.63, 3.8) is 0 Å². The zero-order valence-corrected chi connectivity index (χ0v) is 16.8. The normalized spacial score (nSPS) is 11.2. The fourth-order valence-corrected chi connectivity index (χ4v) is 3.23. The molecule has 2 amide bonds. The number of nitrogens with one attached hydrogen (secondary N) is 1. The molecule has 4 rings (SSSR count). The molecule has 166 valence electrons. The summed E-state index contributed by atoms with van der Waals surface area (Å²) in [6, 6.07) is 13.5. The maximum atomic E-state index is 12.8. The third-order valence-corrected chi connectivity index (χ3v) is 4.79. The first-order valence-electron chi connectivity index (χ1n) is 9.53. The van der Waals surface area contributed by atoms with Crippen molar-refractivity contribution in [1.82, 2.24) is 10.1 Å². The van der Waals surface area contributed by atoms with Gasteiger partial charge in [0.05, 0.1) is 11.1 Å². The van der Waals surface area contributed by atoms with Crippen LogP contribution in [0.5, 0.6) is 0 Å². The van der Waals surface area contributed by atoms with E-state index in [-0.39, 0.29) is 22.6 Å². The minimum atomic E-state index is -4.52. The van der Waals surface area contributed by atoms with Gasteiger partial charge in [0, 0.05) is 34.6 Å². The number of anilines is 1. The SMILES string of the molecule is NC(=O)c1ccccc1-c1c(-c2cccnc2)noc1NC(=O)c1ccc(C(F)(F)F)cc1. The Balaban J connectivity index is 1.78. The molecule has 0 spiro atoms. The second-order valence-corrected chi connectivity index (χ2v) is 6.92. The molecule has 0 fully saturated rings. The molecule has 0 radical (unpaired) electrons. The Morgan fingerprint density at radius 2 is 1.70 bits per heavy atom. The van der Waals surface area contributed by atoms with Crippen molar-refractivity contribution in [2.75, 3.05) is 5.32 Å². The molecule has 0 saturated heterocycles. The number of carbonyl (C=O) groups is 2. The van der Waals surface area contributed by atoms with Crippen molar-refractivity contribution >= 4 is 17.7 Å². The van der Waals surface area contributed by atoms with Gasteiger partial charge in [-0.1, -0.05) is 23.4 Å². The van der Waals surface area contributed by atoms with Crippen molar-refractivity contribution in [2.45, 2.75) is 6.18 Å². The minimum Gasteiger partial charge on any atom is -0.366 e. The van der Waals surface area contributed by atoms with Gasteiger partial charge in [-0.3, -0.25) is 19.9 Å². The molecule has 2 aromatic carbocycles. The van der Waals surface area contributed by atoms with Crippen LogP contribution in [0.3, 0.4) is 0 Å². The zero-order chi connectivity index (χ0) is 23.6. The summed E-state index contributed by atoms with van der Waals surface area (Å²) in [7, 11) is 0. The van der Waals surface area contributed by atoms with Crippen LogP contribution in [0, 0.1) is 0 Å². The van der Waals surface area contributed by atoms with Crippen LogP contribution in [0.15, 0.2) is 77.6 Å². The largest absolute Gasteiger partial charge is 0.416 e. The van der Waals surface area contributed by atoms with Crippen LogP contribution in [-0.4, -0.2) is 22.0 Å². The average Bonchev–Trinajstić information content (AvgIpc) is 3.22. The number of aromatic nitrogens is 2. The third-order valence-electron chi connectivity index (χ3n) is 4.79. The molecule has 0 unspecified atom stereocenters. The second-order valence-electron chi connectivity index (χ2n) is 6.92. The van der Waals surface area contributed by atoms with E-state index in [2.05, 4.69) is 15.5 Å². The van der Waals surface area contributed by atoms with Gasteiger partial charge in [0.15, 0.2) is 0 Å². The number of nitrogens with two attached hydrogens (primary N) is 1. The van der Waals surface area contributed by atoms with Gasteiger partial charge in [-0.25, -0.2) is 0 Å². The topological polar surface area (TPSA) is 111 Å². The molecule has 0 atom stereocenters. The molecule has 7 nitrogen and oxygen atoms in total. The van der Waals surface area contributed by atoms with Gasteiger partial charge < -0.3 is 10.3 Å². The Kier molecular flexibility index (Phi) is 5.65. The first kappa shape index (κ1) is 21.8. The molecule has 0 saturated carbocycles. The summed E-state index contributed by atoms with van der Waals surface area (Å²) in [6.07, 6.45) is -1.44. The highest BCUT2D eigenvalue weighted by Crippen LogP contribution is 2.39. The molecule has 0 aliphatic heterocycles. The number of benzene rings is 2. The van der Waals surface area contributed by atoms with Crippen LogP contribution >= 0.6 is 0 Å². The number of hydrogen-bond acceptors (Lipinski definition) is 5. The molecular formula is C23H15F3N4O3. The van der Waals surface area contributed by atoms with Crippen LogP contribution in [0.2, 0.25) is 0 Å². The lowest BCUT2D eigenvalue weighted by molar-refractivity contribution is -0.137. The highest BCUT2D eigenvalue weighted by molar-refractivity contribution is 6.08. The third kappa shape index (κ3) is 4.45. The molecule has 10 heteroatoms. The van der Waals surface area contributed by atoms with Crippen molar-refractivity contribution in [3.05, 3.63) is 89.7 Å². The van der Waals surface area contributed by atoms with E-state index in [1.54, 1.807) is 36.5 Å². The summed E-state index contributed by atoms with van der Waals surface area (Å²) in [6.45, 7) is 0. The highest BCUT2D eigenvalue weighted by atomic mass is 19.4. The number of primary amides is 1. The summed E-state index contributed by atoms with van der Waals surface area (Å²) >= 11 is 0. The van der Waals surface area contributed by atoms with Crippen molar-refractivity contribution in [2.24, 2.45) is 5.73 Å². The van der Waals surface area contributed by atoms with Crippen LogP contribution in [0.1, 0.15) is 26.3 Å². The van der Waals surface area contributed by atoms with Gasteiger partial charge in [0.1, 0.15) is 5.69 Å². The number of hydrogen-bond donors (Lipinski definition) is 2. The quantitative estimate of drug-likeness (QED) is 0.453. The number of pyridine rings is 1. The monoisotopic (exact) mass is 452 g/mol. The Bertz CT molecular complexity index is 1320. The Morgan fingerprint density at radius 1 is 0.970 bits per heavy atom. The minimum absolute atomic E-state index is 0.0311. The maximum Gasteiger partial charge on any atom is 0.416 e. The molecular weight excluding hydrogens is 437 g/mol. The maximum absolute atomic E-state index is 12.8. The van der Waals surface area contributed by atoms with E-state index < -0.39 is 23.6 Å². The number of carbonyl (C=O) groups excluding carboxylic acids is 2. The Morgan fingerprint density at radius 3 is 2.33 bits per heavy atom. The summed E-state index contributed by atoms with van der Waals surface area (Å²) in [5, 5.41) is 6.54. The number of alkyl halides is 3. The Hall–Kier alpha value is -4.47. The molecule has 0 aliphatic carbocycles. The second kappa shape index (κ2) is 8.58. The van der Waals surface area contributed by atoms with Crippen molar-refractivity contribution in [3.8, 4) is 22.4 Å². The van der Waals surface area contributed by atoms with Gasteiger partial charge >= 0.3 is 6.18 Å². The van der Waals surface area contributed by atoms with Crippen LogP contribution in [-0.2, 0) is 6.18 Å². The lowest BCUT2D eigenvalue weighted by Gasteiger charge is -2.10. The van der Waals surface area contributed by atoms with E-state index in [9.17, 15) is 22.8 Å². The first-order valence-corrected chi connectivity index (χ1v) is 9.53. The first-order chi connectivity index (χ1) is 15.8. The van der Waals surface area contributed by atoms with Crippen molar-refractivity contribution < 1.29 is 27.3 Å². The fourth-order valence-electron chi connectivity index (χ4n) is 3.23. The van der Waals surface area contributed by atoms with E-state index in [1.807, 2.05) is 0 Å². The van der Waals surface area contributed by atoms with E-state index in [0.29, 0.717) is 16.8 Å². The van der Waals surface area contributed by atoms with Gasteiger partial charge in [0.25, 0.3) is 5.91 Å². The summed E-state index contributed by atoms with van der Waals surface area (Å²) in [5.74, 6) is -1.54. The predicted molar refractivity (Wildman–Crippen MR) is 113 cm³/mol. The molecule has 2 aromatic heterocycles. The van der Waals surface area contributed by atoms with Gasteiger partial charge in [-0.2, -0.15) is 13.2 Å². The number of halogens is 3. The van der Waals surface area contributed by atoms with E-state index in [0.717, 1.165) is 24.3 Å². The molecule has 2 heterocycles. The van der Waals surface area contributed by atoms with Gasteiger partial charge in [-0.05, 0) is 42.5 Å². The van der Waals surface area contributed by atoms with Gasteiger partial charge in [0.2, 0.25) is 11.8 Å². The van der Waals surface area contributed by atoms with E-state index in [1.165, 1.54) is 12.3 Å². The summed E-state index contributed by atoms with van der Waals surface area (Å²) in [5.41, 5.74) is 6.24. The van der Waals surface area contributed by atoms with E-state index >= 15 is 0 Å². The Labute approximate surface area is 185 Å². The van der Waals surface area contributed by atoms with Gasteiger partial charge in [-0.15, -0.1) is 0 Å². The van der Waals surface area contributed by atoms with E-state index in [4.69, 9.17) is 10.3 Å².